The van der Waals surface area contributed by atoms with Crippen LogP contribution < -0.4 is 5.32 Å². The molecule has 1 rings (SSSR count). The van der Waals surface area contributed by atoms with E-state index in [-0.39, 0.29) is 11.9 Å². The Balaban J connectivity index is 2.47. The van der Waals surface area contributed by atoms with E-state index in [4.69, 9.17) is 0 Å². The number of hydrogen-bond acceptors (Lipinski definition) is 1. The van der Waals surface area contributed by atoms with E-state index in [9.17, 15) is 4.39 Å². The summed E-state index contributed by atoms with van der Waals surface area (Å²) in [7, 11) is 0. The summed E-state index contributed by atoms with van der Waals surface area (Å²) in [5.74, 6) is -0.161. The maximum Gasteiger partial charge on any atom is 0.123 e. The Morgan fingerprint density at radius 3 is 2.86 bits per heavy atom. The van der Waals surface area contributed by atoms with Crippen LogP contribution in [0.3, 0.4) is 0 Å². The summed E-state index contributed by atoms with van der Waals surface area (Å²) in [4.78, 5) is 0. The van der Waals surface area contributed by atoms with Gasteiger partial charge in [0.05, 0.1) is 0 Å². The van der Waals surface area contributed by atoms with Crippen LogP contribution in [0, 0.1) is 5.82 Å². The normalized spacial score (nSPS) is 12.8. The van der Waals surface area contributed by atoms with Crippen LogP contribution in [0.25, 0.3) is 0 Å². The van der Waals surface area contributed by atoms with Crippen molar-refractivity contribution in [2.24, 2.45) is 0 Å². The van der Waals surface area contributed by atoms with E-state index in [0.29, 0.717) is 0 Å². The van der Waals surface area contributed by atoms with Crippen LogP contribution in [0.5, 0.6) is 0 Å². The molecule has 2 heteroatoms. The lowest BCUT2D eigenvalue weighted by Crippen LogP contribution is -2.19. The van der Waals surface area contributed by atoms with Crippen LogP contribution in [-0.2, 0) is 0 Å². The van der Waals surface area contributed by atoms with Crippen molar-refractivity contribution in [3.8, 4) is 0 Å². The van der Waals surface area contributed by atoms with E-state index < -0.39 is 0 Å². The molecule has 0 spiro atoms. The van der Waals surface area contributed by atoms with Crippen LogP contribution in [-0.4, -0.2) is 6.54 Å². The first-order valence-corrected chi connectivity index (χ1v) is 5.23. The van der Waals surface area contributed by atoms with E-state index in [1.165, 1.54) is 18.9 Å². The maximum atomic E-state index is 12.9. The van der Waals surface area contributed by atoms with Gasteiger partial charge in [0.25, 0.3) is 0 Å². The molecule has 0 heterocycles. The van der Waals surface area contributed by atoms with Gasteiger partial charge in [0.2, 0.25) is 0 Å². The maximum absolute atomic E-state index is 12.9. The van der Waals surface area contributed by atoms with Gasteiger partial charge in [0, 0.05) is 6.04 Å². The smallest absolute Gasteiger partial charge is 0.123 e. The Bertz CT molecular complexity index is 273. The molecule has 1 aromatic carbocycles. The third-order valence-corrected chi connectivity index (χ3v) is 2.33. The molecule has 1 atom stereocenters. The molecule has 1 nitrogen and oxygen atoms in total. The van der Waals surface area contributed by atoms with Crippen LogP contribution in [0.1, 0.15) is 38.3 Å². The molecule has 0 saturated heterocycles. The highest BCUT2D eigenvalue weighted by Crippen LogP contribution is 2.13. The van der Waals surface area contributed by atoms with Crippen molar-refractivity contribution in [3.05, 3.63) is 35.6 Å². The highest BCUT2D eigenvalue weighted by atomic mass is 19.1. The van der Waals surface area contributed by atoms with Gasteiger partial charge in [-0.1, -0.05) is 25.5 Å². The molecule has 0 bridgehead atoms. The summed E-state index contributed by atoms with van der Waals surface area (Å²) in [6.07, 6.45) is 2.35. The monoisotopic (exact) mass is 195 g/mol. The molecule has 0 aliphatic heterocycles. The van der Waals surface area contributed by atoms with Crippen LogP contribution in [0.15, 0.2) is 24.3 Å². The van der Waals surface area contributed by atoms with Crippen LogP contribution >= 0.6 is 0 Å². The lowest BCUT2D eigenvalue weighted by atomic mass is 10.1. The number of unbranched alkanes of at least 4 members (excludes halogenated alkanes) is 1. The zero-order valence-electron chi connectivity index (χ0n) is 8.89. The van der Waals surface area contributed by atoms with Crippen molar-refractivity contribution in [2.75, 3.05) is 6.54 Å². The minimum absolute atomic E-state index is 0.161. The fourth-order valence-corrected chi connectivity index (χ4v) is 1.39. The molecule has 1 N–H and O–H groups in total. The molecule has 0 fully saturated rings. The summed E-state index contributed by atoms with van der Waals surface area (Å²) < 4.78 is 12.9. The van der Waals surface area contributed by atoms with Gasteiger partial charge in [0.1, 0.15) is 5.82 Å². The van der Waals surface area contributed by atoms with E-state index in [2.05, 4.69) is 19.2 Å². The third-order valence-electron chi connectivity index (χ3n) is 2.33. The lowest BCUT2D eigenvalue weighted by Gasteiger charge is -2.13. The Hall–Kier alpha value is -0.890. The lowest BCUT2D eigenvalue weighted by molar-refractivity contribution is 0.548. The summed E-state index contributed by atoms with van der Waals surface area (Å²) in [5.41, 5.74) is 1.01. The molecule has 0 amide bonds. The molecule has 0 saturated carbocycles. The fraction of sp³-hybridized carbons (Fsp3) is 0.500. The minimum Gasteiger partial charge on any atom is -0.310 e. The molecule has 14 heavy (non-hydrogen) atoms. The summed E-state index contributed by atoms with van der Waals surface area (Å²) in [5, 5.41) is 3.36. The number of nitrogens with one attached hydrogen (secondary N) is 1. The van der Waals surface area contributed by atoms with Crippen molar-refractivity contribution in [2.45, 2.75) is 32.7 Å². The zero-order valence-corrected chi connectivity index (χ0v) is 8.89. The summed E-state index contributed by atoms with van der Waals surface area (Å²) >= 11 is 0. The van der Waals surface area contributed by atoms with E-state index in [1.54, 1.807) is 12.1 Å². The van der Waals surface area contributed by atoms with Crippen molar-refractivity contribution < 1.29 is 4.39 Å². The average molecular weight is 195 g/mol. The Labute approximate surface area is 85.3 Å². The molecule has 1 unspecified atom stereocenters. The molecule has 0 aromatic heterocycles. The number of halogens is 1. The molecule has 78 valence electrons. The zero-order chi connectivity index (χ0) is 10.4. The second-order valence-electron chi connectivity index (χ2n) is 3.58. The van der Waals surface area contributed by atoms with Crippen molar-refractivity contribution in [1.29, 1.82) is 0 Å². The highest BCUT2D eigenvalue weighted by molar-refractivity contribution is 5.19. The van der Waals surface area contributed by atoms with Gasteiger partial charge in [-0.2, -0.15) is 0 Å². The second kappa shape index (κ2) is 5.76. The molecular formula is C12H18FN. The molecule has 1 aromatic rings. The van der Waals surface area contributed by atoms with Gasteiger partial charge in [0.15, 0.2) is 0 Å². The molecule has 0 aliphatic rings. The Morgan fingerprint density at radius 2 is 2.21 bits per heavy atom. The fourth-order valence-electron chi connectivity index (χ4n) is 1.39. The van der Waals surface area contributed by atoms with E-state index in [1.807, 2.05) is 6.07 Å². The van der Waals surface area contributed by atoms with Gasteiger partial charge in [-0.15, -0.1) is 0 Å². The van der Waals surface area contributed by atoms with E-state index >= 15 is 0 Å². The van der Waals surface area contributed by atoms with Crippen molar-refractivity contribution in [3.63, 3.8) is 0 Å². The number of hydrogen-bond donors (Lipinski definition) is 1. The summed E-state index contributed by atoms with van der Waals surface area (Å²) in [6, 6.07) is 7.00. The minimum atomic E-state index is -0.161. The van der Waals surface area contributed by atoms with E-state index in [0.717, 1.165) is 12.1 Å². The number of benzene rings is 1. The predicted octanol–water partition coefficient (Wildman–Crippen LogP) is 3.28. The first kappa shape index (κ1) is 11.2. The van der Waals surface area contributed by atoms with Crippen LogP contribution in [0.4, 0.5) is 4.39 Å². The topological polar surface area (TPSA) is 12.0 Å². The third kappa shape index (κ3) is 3.46. The Kier molecular flexibility index (Phi) is 4.60. The van der Waals surface area contributed by atoms with Gasteiger partial charge in [-0.3, -0.25) is 0 Å². The standard InChI is InChI=1S/C12H18FN/c1-3-4-8-14-10(2)11-6-5-7-12(13)9-11/h5-7,9-10,14H,3-4,8H2,1-2H3. The summed E-state index contributed by atoms with van der Waals surface area (Å²) in [6.45, 7) is 5.22. The quantitative estimate of drug-likeness (QED) is 0.711. The first-order valence-electron chi connectivity index (χ1n) is 5.23. The SMILES string of the molecule is CCCCNC(C)c1cccc(F)c1. The van der Waals surface area contributed by atoms with Crippen LogP contribution in [0.2, 0.25) is 0 Å². The Morgan fingerprint density at radius 1 is 1.43 bits per heavy atom. The van der Waals surface area contributed by atoms with Gasteiger partial charge < -0.3 is 5.32 Å². The average Bonchev–Trinajstić information content (AvgIpc) is 2.18. The van der Waals surface area contributed by atoms with Gasteiger partial charge in [-0.05, 0) is 37.6 Å². The first-order chi connectivity index (χ1) is 6.74. The largest absolute Gasteiger partial charge is 0.310 e. The van der Waals surface area contributed by atoms with Gasteiger partial charge >= 0.3 is 0 Å². The molecule has 0 radical (unpaired) electrons. The second-order valence-corrected chi connectivity index (χ2v) is 3.58. The van der Waals surface area contributed by atoms with Crippen molar-refractivity contribution in [1.82, 2.24) is 5.32 Å². The predicted molar refractivity (Wildman–Crippen MR) is 57.7 cm³/mol. The number of rotatable bonds is 5. The van der Waals surface area contributed by atoms with Gasteiger partial charge in [-0.25, -0.2) is 4.39 Å². The molecular weight excluding hydrogens is 177 g/mol. The van der Waals surface area contributed by atoms with Crippen molar-refractivity contribution >= 4 is 0 Å². The highest BCUT2D eigenvalue weighted by Gasteiger charge is 2.04. The molecule has 0 aliphatic carbocycles.